The summed E-state index contributed by atoms with van der Waals surface area (Å²) < 4.78 is 18.0. The second kappa shape index (κ2) is 6.08. The van der Waals surface area contributed by atoms with Crippen molar-refractivity contribution in [2.45, 2.75) is 12.5 Å². The van der Waals surface area contributed by atoms with Crippen LogP contribution < -0.4 is 15.0 Å². The van der Waals surface area contributed by atoms with E-state index in [9.17, 15) is 14.0 Å². The van der Waals surface area contributed by atoms with Crippen molar-refractivity contribution >= 4 is 23.2 Å². The van der Waals surface area contributed by atoms with E-state index in [1.165, 1.54) is 31.4 Å². The van der Waals surface area contributed by atoms with Gasteiger partial charge in [-0.2, -0.15) is 0 Å². The first-order chi connectivity index (χ1) is 11.1. The third kappa shape index (κ3) is 3.01. The largest absolute Gasteiger partial charge is 0.497 e. The Morgan fingerprint density at radius 3 is 2.61 bits per heavy atom. The maximum absolute atomic E-state index is 12.9. The van der Waals surface area contributed by atoms with E-state index in [-0.39, 0.29) is 24.1 Å². The average molecular weight is 314 g/mol. The molecule has 23 heavy (non-hydrogen) atoms. The van der Waals surface area contributed by atoms with Gasteiger partial charge in [-0.25, -0.2) is 9.29 Å². The summed E-state index contributed by atoms with van der Waals surface area (Å²) in [5, 5.41) is 2.97. The Morgan fingerprint density at radius 2 is 1.91 bits per heavy atom. The second-order valence-corrected chi connectivity index (χ2v) is 5.18. The van der Waals surface area contributed by atoms with Crippen molar-refractivity contribution in [1.82, 2.24) is 0 Å². The fraction of sp³-hybridized carbons (Fsp3) is 0.176. The predicted octanol–water partition coefficient (Wildman–Crippen LogP) is 2.58. The van der Waals surface area contributed by atoms with Gasteiger partial charge in [0.25, 0.3) is 5.91 Å². The minimum absolute atomic E-state index is 0.0490. The van der Waals surface area contributed by atoms with E-state index in [1.54, 1.807) is 24.3 Å². The number of imide groups is 1. The van der Waals surface area contributed by atoms with Crippen LogP contribution in [0.2, 0.25) is 0 Å². The number of halogens is 1. The lowest BCUT2D eigenvalue weighted by molar-refractivity contribution is -0.121. The summed E-state index contributed by atoms with van der Waals surface area (Å²) in [5.74, 6) is -0.420. The van der Waals surface area contributed by atoms with Crippen molar-refractivity contribution < 1.29 is 18.7 Å². The van der Waals surface area contributed by atoms with Gasteiger partial charge in [-0.05, 0) is 36.4 Å². The summed E-state index contributed by atoms with van der Waals surface area (Å²) in [6, 6.07) is 11.8. The molecule has 1 N–H and O–H groups in total. The first-order valence-electron chi connectivity index (χ1n) is 7.11. The Kier molecular flexibility index (Phi) is 3.97. The van der Waals surface area contributed by atoms with Gasteiger partial charge >= 0.3 is 0 Å². The van der Waals surface area contributed by atoms with Crippen LogP contribution in [0.3, 0.4) is 0 Å². The number of carbonyl (C=O) groups is 2. The summed E-state index contributed by atoms with van der Waals surface area (Å²) in [6.07, 6.45) is 0.0490. The second-order valence-electron chi connectivity index (χ2n) is 5.18. The molecule has 1 atom stereocenters. The lowest BCUT2D eigenvalue weighted by Crippen LogP contribution is -2.34. The number of hydrogen-bond donors (Lipinski definition) is 1. The number of carbonyl (C=O) groups excluding carboxylic acids is 2. The third-order valence-electron chi connectivity index (χ3n) is 3.64. The van der Waals surface area contributed by atoms with Crippen LogP contribution in [0, 0.1) is 5.82 Å². The lowest BCUT2D eigenvalue weighted by Gasteiger charge is -2.16. The van der Waals surface area contributed by atoms with Crippen molar-refractivity contribution in [3.63, 3.8) is 0 Å². The van der Waals surface area contributed by atoms with Crippen LogP contribution in [-0.2, 0) is 9.59 Å². The van der Waals surface area contributed by atoms with Gasteiger partial charge < -0.3 is 10.1 Å². The standard InChI is InChI=1S/C17H15FN2O3/c1-23-14-4-2-3-13(9-14)20-16(21)10-15(17(20)22)19-12-7-5-11(18)6-8-12/h2-9,15,19H,10H2,1H3/t15-/m0/s1. The summed E-state index contributed by atoms with van der Waals surface area (Å²) in [6.45, 7) is 0. The van der Waals surface area contributed by atoms with E-state index in [4.69, 9.17) is 4.74 Å². The van der Waals surface area contributed by atoms with E-state index >= 15 is 0 Å². The van der Waals surface area contributed by atoms with Crippen LogP contribution in [0.5, 0.6) is 5.75 Å². The van der Waals surface area contributed by atoms with Gasteiger partial charge in [0, 0.05) is 11.8 Å². The number of amides is 2. The maximum Gasteiger partial charge on any atom is 0.256 e. The molecule has 1 aliphatic rings. The number of anilines is 2. The molecule has 1 fully saturated rings. The Balaban J connectivity index is 1.80. The molecule has 5 nitrogen and oxygen atoms in total. The first kappa shape index (κ1) is 15.0. The van der Waals surface area contributed by atoms with Crippen LogP contribution in [-0.4, -0.2) is 25.0 Å². The molecule has 2 amide bonds. The molecule has 0 aromatic heterocycles. The highest BCUT2D eigenvalue weighted by molar-refractivity contribution is 6.23. The zero-order chi connectivity index (χ0) is 16.4. The van der Waals surface area contributed by atoms with Gasteiger partial charge in [0.1, 0.15) is 17.6 Å². The highest BCUT2D eigenvalue weighted by Crippen LogP contribution is 2.27. The Labute approximate surface area is 132 Å². The number of nitrogens with zero attached hydrogens (tertiary/aromatic N) is 1. The van der Waals surface area contributed by atoms with Crippen molar-refractivity contribution in [1.29, 1.82) is 0 Å². The molecule has 2 aromatic carbocycles. The number of hydrogen-bond acceptors (Lipinski definition) is 4. The van der Waals surface area contributed by atoms with E-state index < -0.39 is 6.04 Å². The average Bonchev–Trinajstić information content (AvgIpc) is 2.83. The number of methoxy groups -OCH3 is 1. The maximum atomic E-state index is 12.9. The SMILES string of the molecule is COc1cccc(N2C(=O)C[C@H](Nc3ccc(F)cc3)C2=O)c1. The molecular formula is C17H15FN2O3. The predicted molar refractivity (Wildman–Crippen MR) is 83.9 cm³/mol. The van der Waals surface area contributed by atoms with Gasteiger partial charge in [0.05, 0.1) is 19.2 Å². The number of benzene rings is 2. The minimum atomic E-state index is -0.667. The zero-order valence-corrected chi connectivity index (χ0v) is 12.5. The summed E-state index contributed by atoms with van der Waals surface area (Å²) in [5.41, 5.74) is 1.06. The molecule has 0 radical (unpaired) electrons. The number of ether oxygens (including phenoxy) is 1. The molecule has 6 heteroatoms. The molecule has 1 heterocycles. The Bertz CT molecular complexity index is 746. The smallest absolute Gasteiger partial charge is 0.256 e. The molecule has 1 aliphatic heterocycles. The molecule has 0 bridgehead atoms. The molecule has 0 spiro atoms. The zero-order valence-electron chi connectivity index (χ0n) is 12.5. The lowest BCUT2D eigenvalue weighted by atomic mass is 10.2. The van der Waals surface area contributed by atoms with Crippen molar-refractivity contribution in [3.8, 4) is 5.75 Å². The van der Waals surface area contributed by atoms with Gasteiger partial charge in [-0.1, -0.05) is 6.07 Å². The topological polar surface area (TPSA) is 58.6 Å². The molecule has 3 rings (SSSR count). The highest BCUT2D eigenvalue weighted by atomic mass is 19.1. The van der Waals surface area contributed by atoms with E-state index in [0.717, 1.165) is 4.90 Å². The van der Waals surface area contributed by atoms with Gasteiger partial charge in [0.15, 0.2) is 0 Å². The van der Waals surface area contributed by atoms with Crippen LogP contribution in [0.1, 0.15) is 6.42 Å². The van der Waals surface area contributed by atoms with Crippen LogP contribution in [0.15, 0.2) is 48.5 Å². The molecule has 2 aromatic rings. The Morgan fingerprint density at radius 1 is 1.17 bits per heavy atom. The van der Waals surface area contributed by atoms with Crippen molar-refractivity contribution in [2.24, 2.45) is 0 Å². The quantitative estimate of drug-likeness (QED) is 0.881. The van der Waals surface area contributed by atoms with E-state index in [1.807, 2.05) is 0 Å². The molecule has 118 valence electrons. The number of rotatable bonds is 4. The fourth-order valence-electron chi connectivity index (χ4n) is 2.51. The van der Waals surface area contributed by atoms with Crippen LogP contribution >= 0.6 is 0 Å². The van der Waals surface area contributed by atoms with Gasteiger partial charge in [-0.3, -0.25) is 9.59 Å². The molecule has 1 saturated heterocycles. The van der Waals surface area contributed by atoms with Gasteiger partial charge in [-0.15, -0.1) is 0 Å². The number of nitrogens with one attached hydrogen (secondary N) is 1. The molecule has 0 unspecified atom stereocenters. The van der Waals surface area contributed by atoms with E-state index in [0.29, 0.717) is 17.1 Å². The summed E-state index contributed by atoms with van der Waals surface area (Å²) in [4.78, 5) is 25.9. The van der Waals surface area contributed by atoms with Crippen molar-refractivity contribution in [2.75, 3.05) is 17.3 Å². The highest BCUT2D eigenvalue weighted by Gasteiger charge is 2.39. The van der Waals surface area contributed by atoms with Crippen LogP contribution in [0.4, 0.5) is 15.8 Å². The summed E-state index contributed by atoms with van der Waals surface area (Å²) in [7, 11) is 1.52. The summed E-state index contributed by atoms with van der Waals surface area (Å²) >= 11 is 0. The molecular weight excluding hydrogens is 299 g/mol. The molecule has 0 saturated carbocycles. The molecule has 0 aliphatic carbocycles. The van der Waals surface area contributed by atoms with Gasteiger partial charge in [0.2, 0.25) is 5.91 Å². The monoisotopic (exact) mass is 314 g/mol. The third-order valence-corrected chi connectivity index (χ3v) is 3.64. The Hall–Kier alpha value is -2.89. The van der Waals surface area contributed by atoms with E-state index in [2.05, 4.69) is 5.32 Å². The minimum Gasteiger partial charge on any atom is -0.497 e. The first-order valence-corrected chi connectivity index (χ1v) is 7.11. The fourth-order valence-corrected chi connectivity index (χ4v) is 2.51. The van der Waals surface area contributed by atoms with Crippen LogP contribution in [0.25, 0.3) is 0 Å². The normalized spacial score (nSPS) is 17.5. The van der Waals surface area contributed by atoms with Crippen molar-refractivity contribution in [3.05, 3.63) is 54.3 Å².